The van der Waals surface area contributed by atoms with E-state index in [9.17, 15) is 0 Å². The van der Waals surface area contributed by atoms with E-state index in [2.05, 4.69) is 34.6 Å². The molecule has 0 aliphatic carbocycles. The van der Waals surface area contributed by atoms with Crippen molar-refractivity contribution in [2.24, 2.45) is 5.92 Å². The summed E-state index contributed by atoms with van der Waals surface area (Å²) in [6.07, 6.45) is 1.33. The molecule has 1 atom stereocenters. The van der Waals surface area contributed by atoms with Crippen molar-refractivity contribution < 1.29 is 0 Å². The van der Waals surface area contributed by atoms with Crippen LogP contribution in [-0.2, 0) is 6.54 Å². The topological polar surface area (TPSA) is 28.2 Å². The number of rotatable bonds is 4. The summed E-state index contributed by atoms with van der Waals surface area (Å²) in [7, 11) is 2.20. The molecule has 1 aromatic rings. The molecule has 84 valence electrons. The summed E-state index contributed by atoms with van der Waals surface area (Å²) in [5.74, 6) is 0.828. The van der Waals surface area contributed by atoms with Crippen molar-refractivity contribution in [1.82, 2.24) is 15.2 Å². The van der Waals surface area contributed by atoms with Gasteiger partial charge in [0, 0.05) is 18.5 Å². The van der Waals surface area contributed by atoms with Crippen LogP contribution in [0.2, 0.25) is 0 Å². The van der Waals surface area contributed by atoms with E-state index in [0.717, 1.165) is 24.0 Å². The van der Waals surface area contributed by atoms with Gasteiger partial charge in [-0.1, -0.05) is 0 Å². The summed E-state index contributed by atoms with van der Waals surface area (Å²) >= 11 is 1.73. The van der Waals surface area contributed by atoms with Crippen LogP contribution in [0, 0.1) is 12.8 Å². The molecule has 1 aliphatic rings. The van der Waals surface area contributed by atoms with Crippen molar-refractivity contribution in [3.8, 4) is 0 Å². The molecule has 4 heteroatoms. The number of nitrogens with zero attached hydrogens (tertiary/aromatic N) is 2. The van der Waals surface area contributed by atoms with Gasteiger partial charge in [0.25, 0.3) is 0 Å². The first kappa shape index (κ1) is 11.0. The van der Waals surface area contributed by atoms with Crippen LogP contribution in [0.1, 0.15) is 17.1 Å². The van der Waals surface area contributed by atoms with E-state index >= 15 is 0 Å². The van der Waals surface area contributed by atoms with Crippen LogP contribution in [0.5, 0.6) is 0 Å². The highest BCUT2D eigenvalue weighted by atomic mass is 32.1. The highest BCUT2D eigenvalue weighted by Crippen LogP contribution is 2.13. The third kappa shape index (κ3) is 3.26. The summed E-state index contributed by atoms with van der Waals surface area (Å²) in [5.41, 5.74) is 1.18. The van der Waals surface area contributed by atoms with Gasteiger partial charge < -0.3 is 10.2 Å². The number of hydrogen-bond donors (Lipinski definition) is 1. The average molecular weight is 225 g/mol. The third-order valence-corrected chi connectivity index (χ3v) is 3.72. The van der Waals surface area contributed by atoms with Gasteiger partial charge in [0.2, 0.25) is 0 Å². The predicted molar refractivity (Wildman–Crippen MR) is 64.2 cm³/mol. The molecule has 15 heavy (non-hydrogen) atoms. The summed E-state index contributed by atoms with van der Waals surface area (Å²) in [4.78, 5) is 6.84. The van der Waals surface area contributed by atoms with Crippen LogP contribution in [0.4, 0.5) is 0 Å². The molecule has 0 amide bonds. The molecule has 1 N–H and O–H groups in total. The van der Waals surface area contributed by atoms with E-state index in [0.29, 0.717) is 0 Å². The van der Waals surface area contributed by atoms with E-state index < -0.39 is 0 Å². The fourth-order valence-electron chi connectivity index (χ4n) is 2.09. The van der Waals surface area contributed by atoms with Gasteiger partial charge in [-0.3, -0.25) is 0 Å². The fourth-order valence-corrected chi connectivity index (χ4v) is 2.70. The molecule has 0 aromatic carbocycles. The molecule has 1 aliphatic heterocycles. The number of aryl methyl sites for hydroxylation is 1. The minimum atomic E-state index is 0.828. The average Bonchev–Trinajstić information content (AvgIpc) is 2.76. The Bertz CT molecular complexity index is 311. The highest BCUT2D eigenvalue weighted by Gasteiger charge is 2.18. The Labute approximate surface area is 95.5 Å². The first-order valence-corrected chi connectivity index (χ1v) is 6.42. The second-order valence-electron chi connectivity index (χ2n) is 4.41. The van der Waals surface area contributed by atoms with Crippen molar-refractivity contribution in [3.05, 3.63) is 16.1 Å². The third-order valence-electron chi connectivity index (χ3n) is 2.89. The van der Waals surface area contributed by atoms with Crippen LogP contribution in [0.3, 0.4) is 0 Å². The summed E-state index contributed by atoms with van der Waals surface area (Å²) < 4.78 is 0. The number of aromatic nitrogens is 1. The van der Waals surface area contributed by atoms with Gasteiger partial charge in [-0.25, -0.2) is 4.98 Å². The smallest absolute Gasteiger partial charge is 0.0897 e. The normalized spacial score (nSPS) is 22.4. The monoisotopic (exact) mass is 225 g/mol. The van der Waals surface area contributed by atoms with Crippen LogP contribution < -0.4 is 5.32 Å². The first-order valence-electron chi connectivity index (χ1n) is 5.54. The highest BCUT2D eigenvalue weighted by molar-refractivity contribution is 7.09. The zero-order valence-corrected chi connectivity index (χ0v) is 10.3. The van der Waals surface area contributed by atoms with Crippen LogP contribution in [0.15, 0.2) is 5.38 Å². The van der Waals surface area contributed by atoms with Gasteiger partial charge in [0.05, 0.1) is 10.7 Å². The lowest BCUT2D eigenvalue weighted by molar-refractivity contribution is 0.388. The number of hydrogen-bond acceptors (Lipinski definition) is 4. The zero-order valence-electron chi connectivity index (χ0n) is 9.49. The number of thiazole rings is 1. The lowest BCUT2D eigenvalue weighted by Gasteiger charge is -2.10. The van der Waals surface area contributed by atoms with Gasteiger partial charge >= 0.3 is 0 Å². The van der Waals surface area contributed by atoms with Crippen molar-refractivity contribution >= 4 is 11.3 Å². The SMILES string of the molecule is Cc1nc(CNCC2CCN(C)C2)cs1. The van der Waals surface area contributed by atoms with Crippen LogP contribution in [0.25, 0.3) is 0 Å². The molecule has 0 radical (unpaired) electrons. The molecular weight excluding hydrogens is 206 g/mol. The molecule has 1 unspecified atom stereocenters. The Kier molecular flexibility index (Phi) is 3.72. The Balaban J connectivity index is 1.67. The summed E-state index contributed by atoms with van der Waals surface area (Å²) in [6.45, 7) is 6.59. The van der Waals surface area contributed by atoms with Crippen molar-refractivity contribution in [2.75, 3.05) is 26.7 Å². The number of likely N-dealkylation sites (tertiary alicyclic amines) is 1. The van der Waals surface area contributed by atoms with Gasteiger partial charge in [-0.2, -0.15) is 0 Å². The van der Waals surface area contributed by atoms with Crippen LogP contribution in [-0.4, -0.2) is 36.6 Å². The molecule has 2 rings (SSSR count). The summed E-state index contributed by atoms with van der Waals surface area (Å²) in [5, 5.41) is 6.80. The van der Waals surface area contributed by atoms with E-state index in [1.54, 1.807) is 11.3 Å². The number of nitrogens with one attached hydrogen (secondary N) is 1. The van der Waals surface area contributed by atoms with E-state index in [1.807, 2.05) is 0 Å². The molecule has 0 saturated carbocycles. The molecule has 2 heterocycles. The summed E-state index contributed by atoms with van der Waals surface area (Å²) in [6, 6.07) is 0. The van der Waals surface area contributed by atoms with E-state index in [4.69, 9.17) is 0 Å². The molecule has 1 fully saturated rings. The maximum Gasteiger partial charge on any atom is 0.0897 e. The molecule has 3 nitrogen and oxygen atoms in total. The fraction of sp³-hybridized carbons (Fsp3) is 0.727. The van der Waals surface area contributed by atoms with Crippen LogP contribution >= 0.6 is 11.3 Å². The van der Waals surface area contributed by atoms with Crippen molar-refractivity contribution in [2.45, 2.75) is 19.9 Å². The van der Waals surface area contributed by atoms with Gasteiger partial charge in [0.1, 0.15) is 0 Å². The van der Waals surface area contributed by atoms with E-state index in [1.165, 1.54) is 25.2 Å². The Morgan fingerprint density at radius 1 is 1.67 bits per heavy atom. The van der Waals surface area contributed by atoms with Gasteiger partial charge in [-0.15, -0.1) is 11.3 Å². The van der Waals surface area contributed by atoms with E-state index in [-0.39, 0.29) is 0 Å². The van der Waals surface area contributed by atoms with Crippen molar-refractivity contribution in [1.29, 1.82) is 0 Å². The largest absolute Gasteiger partial charge is 0.311 e. The van der Waals surface area contributed by atoms with Gasteiger partial charge in [0.15, 0.2) is 0 Å². The predicted octanol–water partition coefficient (Wildman–Crippen LogP) is 1.49. The van der Waals surface area contributed by atoms with Crippen molar-refractivity contribution in [3.63, 3.8) is 0 Å². The second kappa shape index (κ2) is 5.05. The minimum absolute atomic E-state index is 0.828. The molecule has 0 spiro atoms. The maximum absolute atomic E-state index is 4.44. The second-order valence-corrected chi connectivity index (χ2v) is 5.47. The Morgan fingerprint density at radius 3 is 3.13 bits per heavy atom. The standard InChI is InChI=1S/C11H19N3S/c1-9-13-11(8-15-9)6-12-5-10-3-4-14(2)7-10/h8,10,12H,3-7H2,1-2H3. The Morgan fingerprint density at radius 2 is 2.53 bits per heavy atom. The molecule has 1 saturated heterocycles. The lowest BCUT2D eigenvalue weighted by Crippen LogP contribution is -2.24. The minimum Gasteiger partial charge on any atom is -0.311 e. The first-order chi connectivity index (χ1) is 7.24. The Hall–Kier alpha value is -0.450. The maximum atomic E-state index is 4.44. The lowest BCUT2D eigenvalue weighted by atomic mass is 10.1. The molecular formula is C11H19N3S. The van der Waals surface area contributed by atoms with Gasteiger partial charge in [-0.05, 0) is 39.4 Å². The quantitative estimate of drug-likeness (QED) is 0.841. The molecule has 1 aromatic heterocycles. The molecule has 0 bridgehead atoms. The zero-order chi connectivity index (χ0) is 10.7.